The molecule has 0 bridgehead atoms. The van der Waals surface area contributed by atoms with Crippen LogP contribution in [0.3, 0.4) is 0 Å². The van der Waals surface area contributed by atoms with Crippen molar-refractivity contribution in [3.63, 3.8) is 0 Å². The molecule has 0 radical (unpaired) electrons. The van der Waals surface area contributed by atoms with E-state index in [4.69, 9.17) is 5.73 Å². The van der Waals surface area contributed by atoms with Gasteiger partial charge in [0.2, 0.25) is 5.56 Å². The van der Waals surface area contributed by atoms with Crippen molar-refractivity contribution in [3.05, 3.63) is 28.2 Å². The van der Waals surface area contributed by atoms with E-state index in [0.29, 0.717) is 6.54 Å². The zero-order valence-corrected chi connectivity index (χ0v) is 7.76. The number of nitrogens with two attached hydrogens (primary N) is 1. The molecular weight excluding hydrogens is 166 g/mol. The maximum Gasteiger partial charge on any atom is 0.250 e. The summed E-state index contributed by atoms with van der Waals surface area (Å²) in [5.74, 6) is 0. The molecule has 0 aromatic carbocycles. The molecule has 13 heavy (non-hydrogen) atoms. The van der Waals surface area contributed by atoms with Crippen LogP contribution < -0.4 is 16.6 Å². The highest BCUT2D eigenvalue weighted by atomic mass is 16.1. The summed E-state index contributed by atoms with van der Waals surface area (Å²) in [6, 6.07) is 3.45. The Morgan fingerprint density at radius 2 is 2.31 bits per heavy atom. The smallest absolute Gasteiger partial charge is 0.250 e. The first kappa shape index (κ1) is 9.80. The third-order valence-corrected chi connectivity index (χ3v) is 1.69. The van der Waals surface area contributed by atoms with E-state index in [1.54, 1.807) is 6.07 Å². The van der Waals surface area contributed by atoms with E-state index in [1.807, 2.05) is 13.0 Å². The Morgan fingerprint density at radius 1 is 1.54 bits per heavy atom. The molecule has 72 valence electrons. The molecule has 0 fully saturated rings. The summed E-state index contributed by atoms with van der Waals surface area (Å²) in [6.45, 7) is 3.32. The zero-order valence-electron chi connectivity index (χ0n) is 7.76. The summed E-state index contributed by atoms with van der Waals surface area (Å²) in [4.78, 5) is 13.7. The van der Waals surface area contributed by atoms with Crippen molar-refractivity contribution in [3.8, 4) is 0 Å². The van der Waals surface area contributed by atoms with Gasteiger partial charge in [0.15, 0.2) is 0 Å². The van der Waals surface area contributed by atoms with Gasteiger partial charge in [-0.05, 0) is 26.0 Å². The van der Waals surface area contributed by atoms with E-state index < -0.39 is 0 Å². The number of anilines is 1. The van der Waals surface area contributed by atoms with Gasteiger partial charge in [-0.3, -0.25) is 4.79 Å². The summed E-state index contributed by atoms with van der Waals surface area (Å²) in [5.41, 5.74) is 6.99. The number of H-pyrrole nitrogens is 1. The predicted molar refractivity (Wildman–Crippen MR) is 54.0 cm³/mol. The first-order valence-electron chi connectivity index (χ1n) is 4.37. The van der Waals surface area contributed by atoms with E-state index in [0.717, 1.165) is 24.3 Å². The molecule has 1 aromatic heterocycles. The average Bonchev–Trinajstić information content (AvgIpc) is 2.03. The number of nitrogens with one attached hydrogen (secondary N) is 2. The number of aromatic nitrogens is 1. The quantitative estimate of drug-likeness (QED) is 0.590. The Balaban J connectivity index is 2.61. The Bertz CT molecular complexity index is 319. The molecule has 0 unspecified atom stereocenters. The molecule has 0 saturated heterocycles. The van der Waals surface area contributed by atoms with Gasteiger partial charge in [-0.15, -0.1) is 0 Å². The van der Waals surface area contributed by atoms with Crippen molar-refractivity contribution >= 4 is 5.69 Å². The SMILES string of the molecule is Cc1cc(NCCCN)cc(=O)[nH]1. The highest BCUT2D eigenvalue weighted by Crippen LogP contribution is 2.03. The van der Waals surface area contributed by atoms with Gasteiger partial charge in [0.05, 0.1) is 0 Å². The lowest BCUT2D eigenvalue weighted by Crippen LogP contribution is -2.12. The van der Waals surface area contributed by atoms with Crippen LogP contribution in [0.2, 0.25) is 0 Å². The lowest BCUT2D eigenvalue weighted by atomic mass is 10.3. The second-order valence-corrected chi connectivity index (χ2v) is 2.99. The minimum Gasteiger partial charge on any atom is -0.385 e. The summed E-state index contributed by atoms with van der Waals surface area (Å²) in [5, 5.41) is 3.13. The van der Waals surface area contributed by atoms with Gasteiger partial charge < -0.3 is 16.0 Å². The normalized spacial score (nSPS) is 10.0. The Morgan fingerprint density at radius 3 is 2.92 bits per heavy atom. The van der Waals surface area contributed by atoms with Crippen molar-refractivity contribution in [2.24, 2.45) is 5.73 Å². The third kappa shape index (κ3) is 3.29. The molecule has 0 aliphatic rings. The molecule has 0 amide bonds. The van der Waals surface area contributed by atoms with Crippen LogP contribution in [0, 0.1) is 6.92 Å². The van der Waals surface area contributed by atoms with E-state index in [1.165, 1.54) is 0 Å². The second-order valence-electron chi connectivity index (χ2n) is 2.99. The van der Waals surface area contributed by atoms with Crippen LogP contribution in [0.5, 0.6) is 0 Å². The molecule has 0 spiro atoms. The summed E-state index contributed by atoms with van der Waals surface area (Å²) >= 11 is 0. The largest absolute Gasteiger partial charge is 0.385 e. The van der Waals surface area contributed by atoms with E-state index >= 15 is 0 Å². The maximum atomic E-state index is 11.0. The minimum atomic E-state index is -0.0738. The summed E-state index contributed by atoms with van der Waals surface area (Å²) < 4.78 is 0. The average molecular weight is 181 g/mol. The Labute approximate surface area is 77.2 Å². The third-order valence-electron chi connectivity index (χ3n) is 1.69. The van der Waals surface area contributed by atoms with Gasteiger partial charge in [-0.2, -0.15) is 0 Å². The zero-order chi connectivity index (χ0) is 9.68. The van der Waals surface area contributed by atoms with E-state index in [-0.39, 0.29) is 5.56 Å². The number of hydrogen-bond acceptors (Lipinski definition) is 3. The van der Waals surface area contributed by atoms with Gasteiger partial charge in [-0.25, -0.2) is 0 Å². The fourth-order valence-electron chi connectivity index (χ4n) is 1.12. The van der Waals surface area contributed by atoms with Gasteiger partial charge in [0, 0.05) is 24.0 Å². The second kappa shape index (κ2) is 4.67. The van der Waals surface area contributed by atoms with Crippen molar-refractivity contribution in [1.82, 2.24) is 4.98 Å². The summed E-state index contributed by atoms with van der Waals surface area (Å²) in [6.07, 6.45) is 0.909. The molecule has 0 atom stereocenters. The lowest BCUT2D eigenvalue weighted by Gasteiger charge is -2.04. The Kier molecular flexibility index (Phi) is 3.52. The van der Waals surface area contributed by atoms with Crippen molar-refractivity contribution in [1.29, 1.82) is 0 Å². The van der Waals surface area contributed by atoms with Crippen LogP contribution in [0.4, 0.5) is 5.69 Å². The molecule has 1 heterocycles. The fraction of sp³-hybridized carbons (Fsp3) is 0.444. The van der Waals surface area contributed by atoms with Gasteiger partial charge >= 0.3 is 0 Å². The molecule has 0 aliphatic carbocycles. The fourth-order valence-corrected chi connectivity index (χ4v) is 1.12. The van der Waals surface area contributed by atoms with Gasteiger partial charge in [0.1, 0.15) is 0 Å². The van der Waals surface area contributed by atoms with Crippen LogP contribution in [-0.4, -0.2) is 18.1 Å². The Hall–Kier alpha value is -1.29. The van der Waals surface area contributed by atoms with Crippen molar-refractivity contribution < 1.29 is 0 Å². The monoisotopic (exact) mass is 181 g/mol. The maximum absolute atomic E-state index is 11.0. The van der Waals surface area contributed by atoms with Crippen molar-refractivity contribution in [2.75, 3.05) is 18.4 Å². The van der Waals surface area contributed by atoms with E-state index in [9.17, 15) is 4.79 Å². The van der Waals surface area contributed by atoms with Crippen LogP contribution >= 0.6 is 0 Å². The highest BCUT2D eigenvalue weighted by molar-refractivity contribution is 5.42. The minimum absolute atomic E-state index is 0.0738. The van der Waals surface area contributed by atoms with Gasteiger partial charge in [0.25, 0.3) is 0 Å². The molecule has 0 saturated carbocycles. The number of rotatable bonds is 4. The molecule has 1 aromatic rings. The number of aromatic amines is 1. The predicted octanol–water partition coefficient (Wildman–Crippen LogP) is 0.444. The topological polar surface area (TPSA) is 70.9 Å². The van der Waals surface area contributed by atoms with Crippen molar-refractivity contribution in [2.45, 2.75) is 13.3 Å². The highest BCUT2D eigenvalue weighted by Gasteiger charge is 1.94. The molecule has 0 aliphatic heterocycles. The summed E-state index contributed by atoms with van der Waals surface area (Å²) in [7, 11) is 0. The molecule has 4 heteroatoms. The molecule has 4 N–H and O–H groups in total. The molecule has 4 nitrogen and oxygen atoms in total. The van der Waals surface area contributed by atoms with Crippen LogP contribution in [-0.2, 0) is 0 Å². The molecule has 1 rings (SSSR count). The van der Waals surface area contributed by atoms with Crippen LogP contribution in [0.15, 0.2) is 16.9 Å². The number of pyridine rings is 1. The lowest BCUT2D eigenvalue weighted by molar-refractivity contribution is 0.873. The first-order valence-corrected chi connectivity index (χ1v) is 4.37. The van der Waals surface area contributed by atoms with E-state index in [2.05, 4.69) is 10.3 Å². The van der Waals surface area contributed by atoms with Gasteiger partial charge in [-0.1, -0.05) is 0 Å². The first-order chi connectivity index (χ1) is 6.22. The standard InChI is InChI=1S/C9H15N3O/c1-7-5-8(6-9(13)12-7)11-4-2-3-10/h5-6H,2-4,10H2,1H3,(H2,11,12,13). The number of hydrogen-bond donors (Lipinski definition) is 3. The number of aryl methyl sites for hydroxylation is 1. The molecular formula is C9H15N3O. The van der Waals surface area contributed by atoms with Crippen LogP contribution in [0.1, 0.15) is 12.1 Å². The van der Waals surface area contributed by atoms with Crippen LogP contribution in [0.25, 0.3) is 0 Å².